The molecule has 0 saturated heterocycles. The van der Waals surface area contributed by atoms with Crippen molar-refractivity contribution in [1.29, 1.82) is 0 Å². The second-order valence-corrected chi connectivity index (χ2v) is 4.35. The molecule has 4 heteroatoms. The first kappa shape index (κ1) is 14.1. The highest BCUT2D eigenvalue weighted by Gasteiger charge is 2.11. The van der Waals surface area contributed by atoms with Crippen molar-refractivity contribution in [3.05, 3.63) is 35.1 Å². The van der Waals surface area contributed by atoms with Gasteiger partial charge in [-0.2, -0.15) is 0 Å². The quantitative estimate of drug-likeness (QED) is 0.823. The summed E-state index contributed by atoms with van der Waals surface area (Å²) in [6.45, 7) is 3.63. The van der Waals surface area contributed by atoms with Gasteiger partial charge in [-0.3, -0.25) is 4.90 Å². The largest absolute Gasteiger partial charge is 0.383 e. The lowest BCUT2D eigenvalue weighted by molar-refractivity contribution is 0.111. The van der Waals surface area contributed by atoms with Crippen molar-refractivity contribution >= 4 is 0 Å². The molecule has 0 aromatic heterocycles. The molecule has 1 atom stereocenters. The zero-order valence-electron chi connectivity index (χ0n) is 10.7. The Labute approximate surface area is 102 Å². The van der Waals surface area contributed by atoms with Crippen molar-refractivity contribution in [2.75, 3.05) is 20.8 Å². The van der Waals surface area contributed by atoms with Gasteiger partial charge in [0.05, 0.1) is 6.61 Å². The maximum Gasteiger partial charge on any atom is 0.128 e. The third-order valence-corrected chi connectivity index (χ3v) is 2.93. The number of nitrogens with zero attached hydrogens (tertiary/aromatic N) is 1. The Kier molecular flexibility index (Phi) is 5.55. The topological polar surface area (TPSA) is 38.5 Å². The average molecular weight is 240 g/mol. The van der Waals surface area contributed by atoms with Crippen LogP contribution in [0.25, 0.3) is 0 Å². The predicted molar refractivity (Wildman–Crippen MR) is 67.1 cm³/mol. The summed E-state index contributed by atoms with van der Waals surface area (Å²) >= 11 is 0. The zero-order chi connectivity index (χ0) is 12.8. The lowest BCUT2D eigenvalue weighted by Crippen LogP contribution is -2.32. The molecule has 0 aliphatic heterocycles. The van der Waals surface area contributed by atoms with Crippen LogP contribution < -0.4 is 5.73 Å². The molecule has 0 bridgehead atoms. The van der Waals surface area contributed by atoms with Crippen molar-refractivity contribution in [3.8, 4) is 0 Å². The molecule has 1 aromatic rings. The van der Waals surface area contributed by atoms with Gasteiger partial charge in [0.2, 0.25) is 0 Å². The molecule has 1 unspecified atom stereocenters. The van der Waals surface area contributed by atoms with Gasteiger partial charge in [0.1, 0.15) is 5.82 Å². The molecule has 0 heterocycles. The molecule has 0 amide bonds. The van der Waals surface area contributed by atoms with Gasteiger partial charge in [-0.15, -0.1) is 0 Å². The van der Waals surface area contributed by atoms with Crippen LogP contribution in [0.4, 0.5) is 4.39 Å². The van der Waals surface area contributed by atoms with Gasteiger partial charge in [0, 0.05) is 31.8 Å². The molecule has 0 aliphatic rings. The van der Waals surface area contributed by atoms with E-state index in [1.165, 1.54) is 6.07 Å². The van der Waals surface area contributed by atoms with Crippen LogP contribution in [0.1, 0.15) is 18.1 Å². The molecule has 0 radical (unpaired) electrons. The summed E-state index contributed by atoms with van der Waals surface area (Å²) in [5, 5.41) is 0. The summed E-state index contributed by atoms with van der Waals surface area (Å²) in [7, 11) is 3.63. The van der Waals surface area contributed by atoms with Crippen molar-refractivity contribution in [2.24, 2.45) is 5.73 Å². The van der Waals surface area contributed by atoms with Gasteiger partial charge < -0.3 is 10.5 Å². The van der Waals surface area contributed by atoms with Crippen LogP contribution in [-0.2, 0) is 17.8 Å². The second kappa shape index (κ2) is 6.69. The van der Waals surface area contributed by atoms with E-state index in [-0.39, 0.29) is 11.9 Å². The molecule has 1 aromatic carbocycles. The molecular formula is C13H21FN2O. The minimum Gasteiger partial charge on any atom is -0.383 e. The highest BCUT2D eigenvalue weighted by Crippen LogP contribution is 2.13. The normalized spacial score (nSPS) is 13.1. The van der Waals surface area contributed by atoms with Crippen LogP contribution in [0, 0.1) is 5.82 Å². The summed E-state index contributed by atoms with van der Waals surface area (Å²) in [6, 6.07) is 5.43. The molecule has 2 N–H and O–H groups in total. The van der Waals surface area contributed by atoms with Crippen LogP contribution in [0.15, 0.2) is 18.2 Å². The van der Waals surface area contributed by atoms with Crippen LogP contribution in [0.3, 0.4) is 0 Å². The monoisotopic (exact) mass is 240 g/mol. The predicted octanol–water partition coefficient (Wildman–Crippen LogP) is 1.75. The Morgan fingerprint density at radius 3 is 2.71 bits per heavy atom. The Morgan fingerprint density at radius 2 is 2.18 bits per heavy atom. The molecule has 0 spiro atoms. The van der Waals surface area contributed by atoms with E-state index in [0.29, 0.717) is 25.3 Å². The van der Waals surface area contributed by atoms with Gasteiger partial charge >= 0.3 is 0 Å². The van der Waals surface area contributed by atoms with E-state index in [0.717, 1.165) is 5.56 Å². The fourth-order valence-electron chi connectivity index (χ4n) is 1.64. The molecule has 3 nitrogen and oxygen atoms in total. The Bertz CT molecular complexity index is 357. The molecule has 96 valence electrons. The number of rotatable bonds is 6. The van der Waals surface area contributed by atoms with Gasteiger partial charge in [-0.1, -0.05) is 12.1 Å². The Hall–Kier alpha value is -0.970. The lowest BCUT2D eigenvalue weighted by Gasteiger charge is -2.24. The fourth-order valence-corrected chi connectivity index (χ4v) is 1.64. The molecule has 0 aliphatic carbocycles. The van der Waals surface area contributed by atoms with Crippen LogP contribution in [0.5, 0.6) is 0 Å². The average Bonchev–Trinajstić information content (AvgIpc) is 2.31. The summed E-state index contributed by atoms with van der Waals surface area (Å²) < 4.78 is 18.8. The number of likely N-dealkylation sites (N-methyl/N-ethyl adjacent to an activating group) is 1. The number of benzene rings is 1. The third kappa shape index (κ3) is 4.07. The van der Waals surface area contributed by atoms with Gasteiger partial charge in [0.25, 0.3) is 0 Å². The first-order valence-electron chi connectivity index (χ1n) is 5.75. The van der Waals surface area contributed by atoms with E-state index in [4.69, 9.17) is 10.5 Å². The Morgan fingerprint density at radius 1 is 1.47 bits per heavy atom. The Balaban J connectivity index is 2.68. The number of methoxy groups -OCH3 is 1. The zero-order valence-corrected chi connectivity index (χ0v) is 10.7. The van der Waals surface area contributed by atoms with E-state index in [2.05, 4.69) is 11.8 Å². The highest BCUT2D eigenvalue weighted by molar-refractivity contribution is 5.24. The lowest BCUT2D eigenvalue weighted by atomic mass is 10.1. The van der Waals surface area contributed by atoms with Crippen LogP contribution in [0.2, 0.25) is 0 Å². The highest BCUT2D eigenvalue weighted by atomic mass is 19.1. The minimum atomic E-state index is -0.190. The van der Waals surface area contributed by atoms with Gasteiger partial charge in [-0.25, -0.2) is 4.39 Å². The first-order valence-corrected chi connectivity index (χ1v) is 5.75. The molecule has 0 fully saturated rings. The number of halogens is 1. The minimum absolute atomic E-state index is 0.190. The van der Waals surface area contributed by atoms with Crippen molar-refractivity contribution < 1.29 is 9.13 Å². The van der Waals surface area contributed by atoms with Gasteiger partial charge in [0.15, 0.2) is 0 Å². The molecule has 0 saturated carbocycles. The SMILES string of the molecule is COCC(C)N(C)Cc1ccc(CN)cc1F. The maximum atomic E-state index is 13.7. The summed E-state index contributed by atoms with van der Waals surface area (Å²) in [6.07, 6.45) is 0. The number of nitrogens with two attached hydrogens (primary N) is 1. The molecular weight excluding hydrogens is 219 g/mol. The smallest absolute Gasteiger partial charge is 0.128 e. The number of hydrogen-bond donors (Lipinski definition) is 1. The van der Waals surface area contributed by atoms with E-state index < -0.39 is 0 Å². The molecule has 17 heavy (non-hydrogen) atoms. The maximum absolute atomic E-state index is 13.7. The second-order valence-electron chi connectivity index (χ2n) is 4.35. The van der Waals surface area contributed by atoms with Gasteiger partial charge in [-0.05, 0) is 25.6 Å². The summed E-state index contributed by atoms with van der Waals surface area (Å²) in [4.78, 5) is 2.06. The van der Waals surface area contributed by atoms with Crippen molar-refractivity contribution in [3.63, 3.8) is 0 Å². The standard InChI is InChI=1S/C13H21FN2O/c1-10(9-17-3)16(2)8-12-5-4-11(7-15)6-13(12)14/h4-6,10H,7-9,15H2,1-3H3. The number of hydrogen-bond acceptors (Lipinski definition) is 3. The fraction of sp³-hybridized carbons (Fsp3) is 0.538. The van der Waals surface area contributed by atoms with E-state index in [1.54, 1.807) is 13.2 Å². The summed E-state index contributed by atoms with van der Waals surface area (Å²) in [5.41, 5.74) is 6.97. The molecule has 1 rings (SSSR count). The van der Waals surface area contributed by atoms with Crippen molar-refractivity contribution in [2.45, 2.75) is 26.1 Å². The van der Waals surface area contributed by atoms with E-state index in [9.17, 15) is 4.39 Å². The third-order valence-electron chi connectivity index (χ3n) is 2.93. The van der Waals surface area contributed by atoms with E-state index in [1.807, 2.05) is 13.1 Å². The van der Waals surface area contributed by atoms with Crippen LogP contribution in [-0.4, -0.2) is 31.7 Å². The van der Waals surface area contributed by atoms with Crippen molar-refractivity contribution in [1.82, 2.24) is 4.90 Å². The van der Waals surface area contributed by atoms with E-state index >= 15 is 0 Å². The first-order chi connectivity index (χ1) is 8.08. The summed E-state index contributed by atoms with van der Waals surface area (Å²) in [5.74, 6) is -0.190. The van der Waals surface area contributed by atoms with Crippen LogP contribution >= 0.6 is 0 Å². The number of ether oxygens (including phenoxy) is 1.